The summed E-state index contributed by atoms with van der Waals surface area (Å²) in [6, 6.07) is 13.7. The summed E-state index contributed by atoms with van der Waals surface area (Å²) in [5.74, 6) is 0.896. The molecule has 5 heteroatoms. The van der Waals surface area contributed by atoms with Crippen LogP contribution in [-0.2, 0) is 11.2 Å². The third kappa shape index (κ3) is 3.68. The van der Waals surface area contributed by atoms with Crippen LogP contribution in [-0.4, -0.2) is 18.9 Å². The number of nitrogens with one attached hydrogen (secondary N) is 1. The third-order valence-corrected chi connectivity index (χ3v) is 3.74. The summed E-state index contributed by atoms with van der Waals surface area (Å²) in [7, 11) is 1.64. The second-order valence-electron chi connectivity index (χ2n) is 5.41. The molecule has 24 heavy (non-hydrogen) atoms. The Morgan fingerprint density at radius 2 is 1.88 bits per heavy atom. The molecular weight excluding hydrogens is 307 g/mol. The molecule has 0 fully saturated rings. The highest BCUT2D eigenvalue weighted by Crippen LogP contribution is 2.20. The second-order valence-corrected chi connectivity index (χ2v) is 5.41. The van der Waals surface area contributed by atoms with E-state index in [1.54, 1.807) is 25.3 Å². The van der Waals surface area contributed by atoms with Crippen molar-refractivity contribution in [2.45, 2.75) is 12.8 Å². The van der Waals surface area contributed by atoms with Crippen LogP contribution < -0.4 is 10.1 Å². The van der Waals surface area contributed by atoms with Gasteiger partial charge >= 0.3 is 0 Å². The second kappa shape index (κ2) is 7.08. The summed E-state index contributed by atoms with van der Waals surface area (Å²) in [5, 5.41) is 2.77. The maximum Gasteiger partial charge on any atom is 0.275 e. The molecule has 4 nitrogen and oxygen atoms in total. The van der Waals surface area contributed by atoms with Crippen molar-refractivity contribution in [1.29, 1.82) is 0 Å². The molecule has 0 unspecified atom stereocenters. The third-order valence-electron chi connectivity index (χ3n) is 3.74. The first kappa shape index (κ1) is 15.9. The molecule has 0 bridgehead atoms. The van der Waals surface area contributed by atoms with E-state index in [1.165, 1.54) is 12.1 Å². The van der Waals surface area contributed by atoms with Crippen LogP contribution >= 0.6 is 0 Å². The van der Waals surface area contributed by atoms with Crippen molar-refractivity contribution in [1.82, 2.24) is 5.32 Å². The maximum atomic E-state index is 12.9. The number of carbonyl (C=O) groups is 1. The van der Waals surface area contributed by atoms with Crippen LogP contribution in [0.2, 0.25) is 0 Å². The predicted molar refractivity (Wildman–Crippen MR) is 91.3 cm³/mol. The Hall–Kier alpha value is -2.95. The number of rotatable bonds is 5. The minimum atomic E-state index is -0.311. The Balaban J connectivity index is 1.71. The summed E-state index contributed by atoms with van der Waals surface area (Å²) in [6.07, 6.45) is 2.96. The molecule has 0 radical (unpaired) electrons. The van der Waals surface area contributed by atoms with Crippen LogP contribution in [0.3, 0.4) is 0 Å². The smallest absolute Gasteiger partial charge is 0.275 e. The van der Waals surface area contributed by atoms with Crippen molar-refractivity contribution in [3.8, 4) is 5.75 Å². The van der Waals surface area contributed by atoms with Crippen molar-refractivity contribution >= 4 is 17.8 Å². The predicted octanol–water partition coefficient (Wildman–Crippen LogP) is 3.34. The van der Waals surface area contributed by atoms with Gasteiger partial charge in [-0.15, -0.1) is 0 Å². The number of aliphatic imine (C=N–C) groups is 1. The molecule has 2 aromatic rings. The van der Waals surface area contributed by atoms with E-state index in [1.807, 2.05) is 24.3 Å². The van der Waals surface area contributed by atoms with E-state index in [9.17, 15) is 9.18 Å². The van der Waals surface area contributed by atoms with Gasteiger partial charge in [0.1, 0.15) is 23.1 Å². The van der Waals surface area contributed by atoms with E-state index < -0.39 is 0 Å². The molecule has 0 spiro atoms. The van der Waals surface area contributed by atoms with Gasteiger partial charge in [0.15, 0.2) is 0 Å². The van der Waals surface area contributed by atoms with Crippen LogP contribution in [0.1, 0.15) is 17.5 Å². The SMILES string of the molecule is COc1ccccc1CCC1=N/C(=C/c2ccc(F)cc2)C(=O)N1. The van der Waals surface area contributed by atoms with Crippen LogP contribution in [0.4, 0.5) is 4.39 Å². The number of carbonyl (C=O) groups excluding carboxylic acids is 1. The minimum absolute atomic E-state index is 0.241. The molecule has 1 N–H and O–H groups in total. The maximum absolute atomic E-state index is 12.9. The van der Waals surface area contributed by atoms with Crippen LogP contribution in [0.25, 0.3) is 6.08 Å². The molecular formula is C19H17FN2O2. The number of benzene rings is 2. The standard InChI is InChI=1S/C19H17FN2O2/c1-24-17-5-3-2-4-14(17)8-11-18-21-16(19(23)22-18)12-13-6-9-15(20)10-7-13/h2-7,9-10,12H,8,11H2,1H3,(H,21,22,23)/b16-12+. The van der Waals surface area contributed by atoms with E-state index in [2.05, 4.69) is 10.3 Å². The molecule has 0 aliphatic carbocycles. The molecule has 0 saturated carbocycles. The number of ether oxygens (including phenoxy) is 1. The summed E-state index contributed by atoms with van der Waals surface area (Å²) in [4.78, 5) is 16.3. The molecule has 1 heterocycles. The first-order valence-electron chi connectivity index (χ1n) is 7.64. The topological polar surface area (TPSA) is 50.7 Å². The first-order valence-corrected chi connectivity index (χ1v) is 7.64. The Morgan fingerprint density at radius 1 is 1.12 bits per heavy atom. The van der Waals surface area contributed by atoms with Crippen molar-refractivity contribution < 1.29 is 13.9 Å². The van der Waals surface area contributed by atoms with Crippen molar-refractivity contribution in [2.75, 3.05) is 7.11 Å². The Kier molecular flexibility index (Phi) is 4.70. The Labute approximate surface area is 139 Å². The highest BCUT2D eigenvalue weighted by molar-refractivity contribution is 6.14. The van der Waals surface area contributed by atoms with E-state index >= 15 is 0 Å². The van der Waals surface area contributed by atoms with Gasteiger partial charge in [-0.25, -0.2) is 9.38 Å². The van der Waals surface area contributed by atoms with Gasteiger partial charge in [-0.2, -0.15) is 0 Å². The lowest BCUT2D eigenvalue weighted by Crippen LogP contribution is -2.24. The van der Waals surface area contributed by atoms with Crippen LogP contribution in [0.15, 0.2) is 59.2 Å². The Bertz CT molecular complexity index is 810. The molecule has 0 aromatic heterocycles. The number of halogens is 1. The normalized spacial score (nSPS) is 15.3. The zero-order valence-corrected chi connectivity index (χ0v) is 13.3. The molecule has 0 saturated heterocycles. The van der Waals surface area contributed by atoms with Gasteiger partial charge in [-0.05, 0) is 41.8 Å². The number of methoxy groups -OCH3 is 1. The van der Waals surface area contributed by atoms with Gasteiger partial charge in [-0.3, -0.25) is 4.79 Å². The number of amidine groups is 1. The lowest BCUT2D eigenvalue weighted by atomic mass is 10.1. The summed E-state index contributed by atoms with van der Waals surface area (Å²) < 4.78 is 18.2. The van der Waals surface area contributed by atoms with Gasteiger partial charge < -0.3 is 10.1 Å². The quantitative estimate of drug-likeness (QED) is 0.858. The largest absolute Gasteiger partial charge is 0.496 e. The lowest BCUT2D eigenvalue weighted by Gasteiger charge is -2.07. The summed E-state index contributed by atoms with van der Waals surface area (Å²) >= 11 is 0. The number of nitrogens with zero attached hydrogens (tertiary/aromatic N) is 1. The zero-order valence-electron chi connectivity index (χ0n) is 13.3. The average Bonchev–Trinajstić information content (AvgIpc) is 2.95. The molecule has 122 valence electrons. The zero-order chi connectivity index (χ0) is 16.9. The van der Waals surface area contributed by atoms with Gasteiger partial charge in [0.25, 0.3) is 5.91 Å². The van der Waals surface area contributed by atoms with Crippen molar-refractivity contribution in [3.05, 3.63) is 71.2 Å². The van der Waals surface area contributed by atoms with E-state index in [0.717, 1.165) is 16.9 Å². The fraction of sp³-hybridized carbons (Fsp3) is 0.158. The Morgan fingerprint density at radius 3 is 2.62 bits per heavy atom. The fourth-order valence-electron chi connectivity index (χ4n) is 2.51. The monoisotopic (exact) mass is 324 g/mol. The van der Waals surface area contributed by atoms with Crippen molar-refractivity contribution in [3.63, 3.8) is 0 Å². The first-order chi connectivity index (χ1) is 11.7. The van der Waals surface area contributed by atoms with Gasteiger partial charge in [0.2, 0.25) is 0 Å². The molecule has 1 aliphatic heterocycles. The lowest BCUT2D eigenvalue weighted by molar-refractivity contribution is -0.115. The number of amides is 1. The fourth-order valence-corrected chi connectivity index (χ4v) is 2.51. The van der Waals surface area contributed by atoms with Crippen LogP contribution in [0, 0.1) is 5.82 Å². The number of hydrogen-bond acceptors (Lipinski definition) is 3. The minimum Gasteiger partial charge on any atom is -0.496 e. The highest BCUT2D eigenvalue weighted by Gasteiger charge is 2.19. The van der Waals surface area contributed by atoms with Gasteiger partial charge in [0.05, 0.1) is 7.11 Å². The molecule has 1 amide bonds. The molecule has 1 aliphatic rings. The van der Waals surface area contributed by atoms with E-state index in [0.29, 0.717) is 24.4 Å². The highest BCUT2D eigenvalue weighted by atomic mass is 19.1. The van der Waals surface area contributed by atoms with Crippen LogP contribution in [0.5, 0.6) is 5.75 Å². The number of aryl methyl sites for hydroxylation is 1. The number of para-hydroxylation sites is 1. The van der Waals surface area contributed by atoms with E-state index in [-0.39, 0.29) is 11.7 Å². The molecule has 0 atom stereocenters. The van der Waals surface area contributed by atoms with E-state index in [4.69, 9.17) is 4.74 Å². The number of hydrogen-bond donors (Lipinski definition) is 1. The van der Waals surface area contributed by atoms with Crippen molar-refractivity contribution in [2.24, 2.45) is 4.99 Å². The average molecular weight is 324 g/mol. The molecule has 2 aromatic carbocycles. The summed E-state index contributed by atoms with van der Waals surface area (Å²) in [5.41, 5.74) is 2.13. The summed E-state index contributed by atoms with van der Waals surface area (Å²) in [6.45, 7) is 0. The van der Waals surface area contributed by atoms with Gasteiger partial charge in [0, 0.05) is 6.42 Å². The van der Waals surface area contributed by atoms with Gasteiger partial charge in [-0.1, -0.05) is 30.3 Å². The molecule has 3 rings (SSSR count).